The number of rotatable bonds is 9. The molecule has 1 N–H and O–H groups in total. The first-order valence-electron chi connectivity index (χ1n) is 8.98. The molecule has 0 spiro atoms. The minimum atomic E-state index is -4.16. The van der Waals surface area contributed by atoms with Gasteiger partial charge in [-0.05, 0) is 59.7 Å². The van der Waals surface area contributed by atoms with Crippen LogP contribution in [0.4, 0.5) is 0 Å². The third-order valence-corrected chi connectivity index (χ3v) is 5.34. The number of hydrogen-bond acceptors (Lipinski definition) is 2. The van der Waals surface area contributed by atoms with Gasteiger partial charge in [0.2, 0.25) is 0 Å². The highest BCUT2D eigenvalue weighted by Crippen LogP contribution is 2.27. The summed E-state index contributed by atoms with van der Waals surface area (Å²) in [5.74, 6) is 0. The van der Waals surface area contributed by atoms with Crippen LogP contribution >= 0.6 is 0 Å². The fourth-order valence-corrected chi connectivity index (χ4v) is 3.65. The van der Waals surface area contributed by atoms with Gasteiger partial charge in [0.05, 0.1) is 4.90 Å². The average Bonchev–Trinajstić information content (AvgIpc) is 2.54. The summed E-state index contributed by atoms with van der Waals surface area (Å²) in [6.07, 6.45) is 9.04. The molecule has 0 saturated heterocycles. The molecule has 2 rings (SSSR count). The van der Waals surface area contributed by atoms with Crippen molar-refractivity contribution in [2.45, 2.75) is 70.1 Å². The maximum atomic E-state index is 11.4. The van der Waals surface area contributed by atoms with Crippen LogP contribution in [-0.4, -0.2) is 13.0 Å². The number of aryl methyl sites for hydroxylation is 2. The van der Waals surface area contributed by atoms with E-state index in [0.29, 0.717) is 0 Å². The van der Waals surface area contributed by atoms with Gasteiger partial charge in [-0.3, -0.25) is 4.55 Å². The van der Waals surface area contributed by atoms with Crippen LogP contribution in [-0.2, 0) is 23.0 Å². The van der Waals surface area contributed by atoms with E-state index in [0.717, 1.165) is 36.5 Å². The van der Waals surface area contributed by atoms with Gasteiger partial charge in [-0.25, -0.2) is 0 Å². The maximum Gasteiger partial charge on any atom is 0.294 e. The van der Waals surface area contributed by atoms with Gasteiger partial charge in [-0.15, -0.1) is 0 Å². The van der Waals surface area contributed by atoms with Crippen LogP contribution in [0.3, 0.4) is 0 Å². The quantitative estimate of drug-likeness (QED) is 0.477. The van der Waals surface area contributed by atoms with E-state index in [4.69, 9.17) is 0 Å². The molecule has 24 heavy (non-hydrogen) atoms. The largest absolute Gasteiger partial charge is 0.294 e. The van der Waals surface area contributed by atoms with Crippen molar-refractivity contribution in [1.82, 2.24) is 0 Å². The Balaban J connectivity index is 2.43. The molecule has 0 fully saturated rings. The van der Waals surface area contributed by atoms with Crippen LogP contribution < -0.4 is 0 Å². The molecule has 0 atom stereocenters. The molecule has 2 aromatic rings. The summed E-state index contributed by atoms with van der Waals surface area (Å²) in [5.41, 5.74) is 2.51. The predicted molar refractivity (Wildman–Crippen MR) is 100 cm³/mol. The summed E-state index contributed by atoms with van der Waals surface area (Å²) in [6.45, 7) is 4.38. The van der Waals surface area contributed by atoms with Crippen LogP contribution in [0.25, 0.3) is 10.8 Å². The lowest BCUT2D eigenvalue weighted by Gasteiger charge is -2.12. The normalized spacial score (nSPS) is 12.0. The van der Waals surface area contributed by atoms with Crippen molar-refractivity contribution < 1.29 is 13.0 Å². The van der Waals surface area contributed by atoms with Gasteiger partial charge in [0.15, 0.2) is 0 Å². The van der Waals surface area contributed by atoms with Crippen molar-refractivity contribution >= 4 is 20.9 Å². The van der Waals surface area contributed by atoms with Gasteiger partial charge < -0.3 is 0 Å². The van der Waals surface area contributed by atoms with Crippen molar-refractivity contribution in [1.29, 1.82) is 0 Å². The Labute approximate surface area is 145 Å². The summed E-state index contributed by atoms with van der Waals surface area (Å²) >= 11 is 0. The fourth-order valence-electron chi connectivity index (χ4n) is 3.14. The van der Waals surface area contributed by atoms with E-state index in [1.807, 2.05) is 6.07 Å². The molecule has 0 aliphatic heterocycles. The van der Waals surface area contributed by atoms with Crippen LogP contribution in [0, 0.1) is 0 Å². The van der Waals surface area contributed by atoms with E-state index in [-0.39, 0.29) is 4.90 Å². The molecular weight excluding hydrogens is 320 g/mol. The smallest absolute Gasteiger partial charge is 0.282 e. The average molecular weight is 349 g/mol. The molecule has 0 unspecified atom stereocenters. The summed E-state index contributed by atoms with van der Waals surface area (Å²) < 4.78 is 32.2. The Morgan fingerprint density at radius 2 is 1.54 bits per heavy atom. The Morgan fingerprint density at radius 3 is 2.17 bits per heavy atom. The lowest BCUT2D eigenvalue weighted by atomic mass is 9.95. The second-order valence-electron chi connectivity index (χ2n) is 6.53. The monoisotopic (exact) mass is 348 g/mol. The van der Waals surface area contributed by atoms with Crippen molar-refractivity contribution in [3.05, 3.63) is 41.5 Å². The second-order valence-corrected chi connectivity index (χ2v) is 7.95. The van der Waals surface area contributed by atoms with Gasteiger partial charge in [0.1, 0.15) is 0 Å². The van der Waals surface area contributed by atoms with E-state index >= 15 is 0 Å². The molecule has 3 nitrogen and oxygen atoms in total. The molecule has 0 amide bonds. The summed E-state index contributed by atoms with van der Waals surface area (Å²) in [4.78, 5) is -0.0227. The zero-order valence-electron chi connectivity index (χ0n) is 14.7. The molecule has 0 aliphatic carbocycles. The number of benzene rings is 2. The summed E-state index contributed by atoms with van der Waals surface area (Å²) in [7, 11) is -4.16. The highest BCUT2D eigenvalue weighted by Gasteiger charge is 2.12. The summed E-state index contributed by atoms with van der Waals surface area (Å²) in [6, 6.07) is 9.29. The highest BCUT2D eigenvalue weighted by molar-refractivity contribution is 7.85. The molecule has 0 saturated carbocycles. The van der Waals surface area contributed by atoms with Crippen LogP contribution in [0.15, 0.2) is 35.2 Å². The Morgan fingerprint density at radius 1 is 0.875 bits per heavy atom. The van der Waals surface area contributed by atoms with E-state index in [1.165, 1.54) is 42.9 Å². The SMILES string of the molecule is CCCCCc1cc(CCCCC)c2cc(S(=O)(=O)O)ccc2c1. The standard InChI is InChI=1S/C20H28O3S/c1-3-5-7-9-16-13-17(10-8-6-4-2)20-15-19(24(21,22)23)12-11-18(20)14-16/h11-15H,3-10H2,1-2H3,(H,21,22,23). The molecule has 0 radical (unpaired) electrons. The zero-order valence-corrected chi connectivity index (χ0v) is 15.5. The van der Waals surface area contributed by atoms with E-state index in [2.05, 4.69) is 26.0 Å². The van der Waals surface area contributed by atoms with Gasteiger partial charge >= 0.3 is 0 Å². The van der Waals surface area contributed by atoms with Crippen LogP contribution in [0.1, 0.15) is 63.5 Å². The number of fused-ring (bicyclic) bond motifs is 1. The fraction of sp³-hybridized carbons (Fsp3) is 0.500. The molecule has 0 bridgehead atoms. The van der Waals surface area contributed by atoms with Gasteiger partial charge in [0.25, 0.3) is 10.1 Å². The first-order chi connectivity index (χ1) is 11.5. The Kier molecular flexibility index (Phi) is 6.81. The van der Waals surface area contributed by atoms with Crippen molar-refractivity contribution in [2.75, 3.05) is 0 Å². The predicted octanol–water partition coefficient (Wildman–Crippen LogP) is 5.55. The molecule has 0 aromatic heterocycles. The minimum absolute atomic E-state index is 0.0227. The molecule has 4 heteroatoms. The molecular formula is C20H28O3S. The topological polar surface area (TPSA) is 54.4 Å². The summed E-state index contributed by atoms with van der Waals surface area (Å²) in [5, 5.41) is 2.00. The van der Waals surface area contributed by atoms with Crippen LogP contribution in [0.5, 0.6) is 0 Å². The third-order valence-electron chi connectivity index (χ3n) is 4.49. The van der Waals surface area contributed by atoms with Gasteiger partial charge in [-0.1, -0.05) is 57.7 Å². The lowest BCUT2D eigenvalue weighted by molar-refractivity contribution is 0.483. The highest BCUT2D eigenvalue weighted by atomic mass is 32.2. The minimum Gasteiger partial charge on any atom is -0.282 e. The second kappa shape index (κ2) is 8.63. The number of unbranched alkanes of at least 4 members (excludes halogenated alkanes) is 4. The van der Waals surface area contributed by atoms with E-state index in [9.17, 15) is 13.0 Å². The number of hydrogen-bond donors (Lipinski definition) is 1. The zero-order chi connectivity index (χ0) is 17.6. The van der Waals surface area contributed by atoms with Crippen molar-refractivity contribution in [2.24, 2.45) is 0 Å². The van der Waals surface area contributed by atoms with Gasteiger partial charge in [-0.2, -0.15) is 8.42 Å². The third kappa shape index (κ3) is 5.05. The van der Waals surface area contributed by atoms with E-state index in [1.54, 1.807) is 6.07 Å². The maximum absolute atomic E-state index is 11.4. The van der Waals surface area contributed by atoms with E-state index < -0.39 is 10.1 Å². The lowest BCUT2D eigenvalue weighted by Crippen LogP contribution is -1.99. The Hall–Kier alpha value is -1.39. The first-order valence-corrected chi connectivity index (χ1v) is 10.4. The molecule has 132 valence electrons. The molecule has 0 aliphatic rings. The molecule has 0 heterocycles. The van der Waals surface area contributed by atoms with Crippen molar-refractivity contribution in [3.8, 4) is 0 Å². The van der Waals surface area contributed by atoms with Crippen LogP contribution in [0.2, 0.25) is 0 Å². The van der Waals surface area contributed by atoms with Gasteiger partial charge in [0, 0.05) is 0 Å². The first kappa shape index (κ1) is 18.9. The van der Waals surface area contributed by atoms with Crippen molar-refractivity contribution in [3.63, 3.8) is 0 Å². The molecule has 2 aromatic carbocycles. The Bertz CT molecular complexity index is 779.